The highest BCUT2D eigenvalue weighted by molar-refractivity contribution is 5.78. The zero-order chi connectivity index (χ0) is 10.3. The topological polar surface area (TPSA) is 23.6 Å². The molecule has 0 saturated carbocycles. The smallest absolute Gasteiger partial charge is 0.225 e. The number of rotatable bonds is 1. The maximum Gasteiger partial charge on any atom is 0.225 e. The second kappa shape index (κ2) is 3.54. The number of carbonyl (C=O) groups is 1. The van der Waals surface area contributed by atoms with Gasteiger partial charge in [-0.25, -0.2) is 0 Å². The first-order valence-corrected chi connectivity index (χ1v) is 5.60. The van der Waals surface area contributed by atoms with Crippen LogP contribution in [0.2, 0.25) is 0 Å². The van der Waals surface area contributed by atoms with Crippen molar-refractivity contribution < 1.29 is 4.79 Å². The van der Waals surface area contributed by atoms with E-state index in [0.29, 0.717) is 18.0 Å². The van der Waals surface area contributed by atoms with Crippen LogP contribution in [0.1, 0.15) is 26.7 Å². The molecule has 2 saturated heterocycles. The number of hydrogen-bond acceptors (Lipinski definition) is 2. The van der Waals surface area contributed by atoms with Crippen LogP contribution < -0.4 is 0 Å². The van der Waals surface area contributed by atoms with Crippen molar-refractivity contribution in [2.75, 3.05) is 20.1 Å². The largest absolute Gasteiger partial charge is 0.339 e. The normalized spacial score (nSPS) is 32.7. The number of nitrogens with zero attached hydrogens (tertiary/aromatic N) is 2. The fraction of sp³-hybridized carbons (Fsp3) is 0.909. The summed E-state index contributed by atoms with van der Waals surface area (Å²) in [6.07, 6.45) is 2.53. The number of amides is 1. The summed E-state index contributed by atoms with van der Waals surface area (Å²) in [5.74, 6) is 0.479. The van der Waals surface area contributed by atoms with Gasteiger partial charge in [0.1, 0.15) is 0 Å². The van der Waals surface area contributed by atoms with Gasteiger partial charge in [-0.15, -0.1) is 0 Å². The molecule has 2 aliphatic heterocycles. The fourth-order valence-corrected chi connectivity index (χ4v) is 2.66. The predicted octanol–water partition coefficient (Wildman–Crippen LogP) is 0.947. The van der Waals surface area contributed by atoms with Gasteiger partial charge >= 0.3 is 0 Å². The van der Waals surface area contributed by atoms with Crippen LogP contribution >= 0.6 is 0 Å². The molecule has 3 heteroatoms. The van der Waals surface area contributed by atoms with Gasteiger partial charge in [-0.2, -0.15) is 0 Å². The van der Waals surface area contributed by atoms with Crippen LogP contribution in [0, 0.1) is 5.92 Å². The van der Waals surface area contributed by atoms with E-state index in [1.54, 1.807) is 0 Å². The molecule has 0 aromatic heterocycles. The Morgan fingerprint density at radius 3 is 2.14 bits per heavy atom. The van der Waals surface area contributed by atoms with Crippen molar-refractivity contribution in [1.82, 2.24) is 9.80 Å². The maximum atomic E-state index is 11.8. The lowest BCUT2D eigenvalue weighted by Crippen LogP contribution is -2.54. The summed E-state index contributed by atoms with van der Waals surface area (Å²) >= 11 is 0. The molecule has 1 amide bonds. The van der Waals surface area contributed by atoms with E-state index in [1.165, 1.54) is 12.8 Å². The third kappa shape index (κ3) is 1.54. The molecule has 0 radical (unpaired) electrons. The van der Waals surface area contributed by atoms with Gasteiger partial charge in [-0.05, 0) is 19.9 Å². The van der Waals surface area contributed by atoms with Gasteiger partial charge in [0.15, 0.2) is 0 Å². The quantitative estimate of drug-likeness (QED) is 0.623. The Kier molecular flexibility index (Phi) is 2.52. The van der Waals surface area contributed by atoms with Gasteiger partial charge in [0, 0.05) is 31.1 Å². The Labute approximate surface area is 86.1 Å². The molecule has 2 rings (SSSR count). The van der Waals surface area contributed by atoms with Crippen LogP contribution in [0.15, 0.2) is 0 Å². The summed E-state index contributed by atoms with van der Waals surface area (Å²) in [6.45, 7) is 5.87. The summed E-state index contributed by atoms with van der Waals surface area (Å²) in [6, 6.07) is 1.24. The lowest BCUT2D eigenvalue weighted by Gasteiger charge is -2.39. The van der Waals surface area contributed by atoms with E-state index < -0.39 is 0 Å². The van der Waals surface area contributed by atoms with Gasteiger partial charge in [-0.3, -0.25) is 9.69 Å². The third-order valence-corrected chi connectivity index (χ3v) is 3.65. The molecular weight excluding hydrogens is 176 g/mol. The molecule has 0 N–H and O–H groups in total. The molecule has 0 aromatic carbocycles. The van der Waals surface area contributed by atoms with Crippen molar-refractivity contribution in [3.63, 3.8) is 0 Å². The van der Waals surface area contributed by atoms with E-state index in [9.17, 15) is 4.79 Å². The molecule has 80 valence electrons. The first-order valence-electron chi connectivity index (χ1n) is 5.60. The average Bonchev–Trinajstić information content (AvgIpc) is 2.42. The highest BCUT2D eigenvalue weighted by Gasteiger charge is 2.39. The van der Waals surface area contributed by atoms with Gasteiger partial charge in [-0.1, -0.05) is 13.8 Å². The Balaban J connectivity index is 2.02. The molecule has 2 atom stereocenters. The first-order chi connectivity index (χ1) is 6.59. The molecule has 3 nitrogen and oxygen atoms in total. The summed E-state index contributed by atoms with van der Waals surface area (Å²) in [5.41, 5.74) is 0. The minimum absolute atomic E-state index is 0.151. The van der Waals surface area contributed by atoms with E-state index >= 15 is 0 Å². The van der Waals surface area contributed by atoms with E-state index in [2.05, 4.69) is 16.8 Å². The summed E-state index contributed by atoms with van der Waals surface area (Å²) in [7, 11) is 2.19. The molecule has 0 aromatic rings. The van der Waals surface area contributed by atoms with Crippen LogP contribution in [-0.2, 0) is 4.79 Å². The third-order valence-electron chi connectivity index (χ3n) is 3.65. The van der Waals surface area contributed by atoms with Crippen molar-refractivity contribution in [2.24, 2.45) is 5.92 Å². The van der Waals surface area contributed by atoms with Gasteiger partial charge in [0.25, 0.3) is 0 Å². The zero-order valence-electron chi connectivity index (χ0n) is 9.36. The van der Waals surface area contributed by atoms with Crippen molar-refractivity contribution in [2.45, 2.75) is 38.8 Å². The second-order valence-corrected chi connectivity index (χ2v) is 4.95. The van der Waals surface area contributed by atoms with Crippen LogP contribution in [0.4, 0.5) is 0 Å². The molecule has 2 aliphatic rings. The molecule has 2 unspecified atom stereocenters. The number of likely N-dealkylation sites (tertiary alicyclic amines) is 1. The highest BCUT2D eigenvalue weighted by Crippen LogP contribution is 2.28. The Bertz CT molecular complexity index is 225. The number of likely N-dealkylation sites (N-methyl/N-ethyl adjacent to an activating group) is 1. The SMILES string of the molecule is CC(C)C(=O)N1CC2CCC(C1)N2C. The van der Waals surface area contributed by atoms with Crippen LogP contribution in [0.25, 0.3) is 0 Å². The predicted molar refractivity (Wildman–Crippen MR) is 56.0 cm³/mol. The summed E-state index contributed by atoms with van der Waals surface area (Å²) < 4.78 is 0. The zero-order valence-corrected chi connectivity index (χ0v) is 9.36. The Morgan fingerprint density at radius 2 is 1.71 bits per heavy atom. The summed E-state index contributed by atoms with van der Waals surface area (Å²) in [5, 5.41) is 0. The van der Waals surface area contributed by atoms with Gasteiger partial charge < -0.3 is 4.90 Å². The molecule has 2 bridgehead atoms. The number of hydrogen-bond donors (Lipinski definition) is 0. The lowest BCUT2D eigenvalue weighted by molar-refractivity contribution is -0.137. The molecule has 2 fully saturated rings. The number of fused-ring (bicyclic) bond motifs is 2. The van der Waals surface area contributed by atoms with E-state index in [0.717, 1.165) is 13.1 Å². The van der Waals surface area contributed by atoms with Gasteiger partial charge in [0.05, 0.1) is 0 Å². The summed E-state index contributed by atoms with van der Waals surface area (Å²) in [4.78, 5) is 16.3. The van der Waals surface area contributed by atoms with E-state index in [-0.39, 0.29) is 5.92 Å². The molecule has 2 heterocycles. The van der Waals surface area contributed by atoms with Crippen LogP contribution in [0.3, 0.4) is 0 Å². The standard InChI is InChI=1S/C11H20N2O/c1-8(2)11(14)13-6-9-4-5-10(7-13)12(9)3/h8-10H,4-7H2,1-3H3. The van der Waals surface area contributed by atoms with Gasteiger partial charge in [0.2, 0.25) is 5.91 Å². The van der Waals surface area contributed by atoms with Crippen LogP contribution in [-0.4, -0.2) is 47.9 Å². The second-order valence-electron chi connectivity index (χ2n) is 4.95. The fourth-order valence-electron chi connectivity index (χ4n) is 2.66. The first kappa shape index (κ1) is 9.97. The monoisotopic (exact) mass is 196 g/mol. The van der Waals surface area contributed by atoms with Crippen LogP contribution in [0.5, 0.6) is 0 Å². The van der Waals surface area contributed by atoms with E-state index in [4.69, 9.17) is 0 Å². The lowest BCUT2D eigenvalue weighted by atomic mass is 10.1. The minimum atomic E-state index is 0.151. The highest BCUT2D eigenvalue weighted by atomic mass is 16.2. The number of carbonyl (C=O) groups excluding carboxylic acids is 1. The van der Waals surface area contributed by atoms with Crippen molar-refractivity contribution in [3.05, 3.63) is 0 Å². The Morgan fingerprint density at radius 1 is 1.21 bits per heavy atom. The molecular formula is C11H20N2O. The number of piperazine rings is 1. The van der Waals surface area contributed by atoms with Crippen molar-refractivity contribution >= 4 is 5.91 Å². The molecule has 14 heavy (non-hydrogen) atoms. The average molecular weight is 196 g/mol. The Hall–Kier alpha value is -0.570. The molecule has 0 spiro atoms. The maximum absolute atomic E-state index is 11.8. The van der Waals surface area contributed by atoms with E-state index in [1.807, 2.05) is 13.8 Å². The van der Waals surface area contributed by atoms with Crippen molar-refractivity contribution in [1.29, 1.82) is 0 Å². The van der Waals surface area contributed by atoms with Crippen molar-refractivity contribution in [3.8, 4) is 0 Å². The molecule has 0 aliphatic carbocycles. The minimum Gasteiger partial charge on any atom is -0.339 e.